The quantitative estimate of drug-likeness (QED) is 0.667. The maximum absolute atomic E-state index is 4.67. The van der Waals surface area contributed by atoms with Gasteiger partial charge in [0.15, 0.2) is 0 Å². The van der Waals surface area contributed by atoms with Gasteiger partial charge in [-0.25, -0.2) is 0 Å². The van der Waals surface area contributed by atoms with Crippen LogP contribution >= 0.6 is 12.6 Å². The van der Waals surface area contributed by atoms with Gasteiger partial charge in [0.25, 0.3) is 0 Å². The van der Waals surface area contributed by atoms with Crippen molar-refractivity contribution in [3.63, 3.8) is 0 Å². The minimum atomic E-state index is 1.07. The summed E-state index contributed by atoms with van der Waals surface area (Å²) >= 11 is 4.67. The molecule has 1 heteroatoms. The van der Waals surface area contributed by atoms with Gasteiger partial charge in [0.1, 0.15) is 0 Å². The Labute approximate surface area is 115 Å². The van der Waals surface area contributed by atoms with Crippen LogP contribution in [0.3, 0.4) is 0 Å². The summed E-state index contributed by atoms with van der Waals surface area (Å²) < 4.78 is 0. The van der Waals surface area contributed by atoms with Gasteiger partial charge in [-0.1, -0.05) is 23.8 Å². The molecule has 0 fully saturated rings. The van der Waals surface area contributed by atoms with Gasteiger partial charge in [-0.2, -0.15) is 0 Å². The lowest BCUT2D eigenvalue weighted by atomic mass is 9.90. The summed E-state index contributed by atoms with van der Waals surface area (Å²) in [6.07, 6.45) is 0. The molecule has 2 rings (SSSR count). The highest BCUT2D eigenvalue weighted by Gasteiger charge is 2.12. The zero-order valence-electron chi connectivity index (χ0n) is 11.8. The molecular weight excluding hydrogens is 236 g/mol. The minimum absolute atomic E-state index is 1.07. The highest BCUT2D eigenvalue weighted by molar-refractivity contribution is 7.80. The van der Waals surface area contributed by atoms with Crippen LogP contribution in [-0.4, -0.2) is 0 Å². The normalized spacial score (nSPS) is 10.8. The van der Waals surface area contributed by atoms with Gasteiger partial charge in [-0.3, -0.25) is 0 Å². The molecule has 94 valence electrons. The molecule has 0 aliphatic heterocycles. The summed E-state index contributed by atoms with van der Waals surface area (Å²) in [5, 5.41) is 0. The van der Waals surface area contributed by atoms with Crippen molar-refractivity contribution in [1.29, 1.82) is 0 Å². The Morgan fingerprint density at radius 2 is 1.00 bits per heavy atom. The maximum Gasteiger partial charge on any atom is 0.0124 e. The van der Waals surface area contributed by atoms with E-state index in [9.17, 15) is 0 Å². The van der Waals surface area contributed by atoms with Crippen LogP contribution in [0.1, 0.15) is 27.8 Å². The highest BCUT2D eigenvalue weighted by Crippen LogP contribution is 2.35. The summed E-state index contributed by atoms with van der Waals surface area (Å²) in [4.78, 5) is 1.07. The van der Waals surface area contributed by atoms with Crippen molar-refractivity contribution in [3.8, 4) is 11.1 Å². The van der Waals surface area contributed by atoms with E-state index in [1.165, 1.54) is 38.9 Å². The molecule has 2 aromatic carbocycles. The second-order valence-corrected chi connectivity index (χ2v) is 5.73. The molecule has 0 spiro atoms. The second-order valence-electron chi connectivity index (χ2n) is 5.25. The van der Waals surface area contributed by atoms with Crippen LogP contribution in [0.15, 0.2) is 29.2 Å². The first kappa shape index (κ1) is 13.2. The van der Waals surface area contributed by atoms with Gasteiger partial charge in [0.05, 0.1) is 0 Å². The lowest BCUT2D eigenvalue weighted by Gasteiger charge is -2.16. The van der Waals surface area contributed by atoms with Crippen molar-refractivity contribution in [1.82, 2.24) is 0 Å². The predicted molar refractivity (Wildman–Crippen MR) is 82.8 cm³/mol. The molecule has 18 heavy (non-hydrogen) atoms. The van der Waals surface area contributed by atoms with Crippen molar-refractivity contribution in [2.45, 2.75) is 39.5 Å². The predicted octanol–water partition coefficient (Wildman–Crippen LogP) is 5.18. The topological polar surface area (TPSA) is 0 Å². The Kier molecular flexibility index (Phi) is 3.54. The summed E-state index contributed by atoms with van der Waals surface area (Å²) in [7, 11) is 0. The molecule has 0 radical (unpaired) electrons. The summed E-state index contributed by atoms with van der Waals surface area (Å²) in [5.74, 6) is 0. The number of aryl methyl sites for hydroxylation is 5. The summed E-state index contributed by atoms with van der Waals surface area (Å²) in [6.45, 7) is 10.8. The molecule has 0 atom stereocenters. The standard InChI is InChI=1S/C17H20S/c1-10-6-12(3)16(13(4)7-10)17-14(5)8-11(2)9-15(17)18/h6-9,18H,1-5H3. The van der Waals surface area contributed by atoms with Crippen LogP contribution in [0.4, 0.5) is 0 Å². The Bertz CT molecular complexity index is 507. The van der Waals surface area contributed by atoms with E-state index >= 15 is 0 Å². The lowest BCUT2D eigenvalue weighted by molar-refractivity contribution is 1.25. The number of hydrogen-bond acceptors (Lipinski definition) is 1. The number of rotatable bonds is 1. The van der Waals surface area contributed by atoms with Gasteiger partial charge < -0.3 is 0 Å². The van der Waals surface area contributed by atoms with Crippen LogP contribution in [-0.2, 0) is 0 Å². The molecule has 0 saturated heterocycles. The Balaban J connectivity index is 2.78. The van der Waals surface area contributed by atoms with Crippen LogP contribution in [0.25, 0.3) is 11.1 Å². The molecule has 0 bridgehead atoms. The summed E-state index contributed by atoms with van der Waals surface area (Å²) in [5.41, 5.74) is 9.16. The summed E-state index contributed by atoms with van der Waals surface area (Å²) in [6, 6.07) is 8.86. The number of thiol groups is 1. The smallest absolute Gasteiger partial charge is 0.0124 e. The first-order chi connectivity index (χ1) is 8.40. The molecule has 0 amide bonds. The molecule has 0 unspecified atom stereocenters. The van der Waals surface area contributed by atoms with Crippen molar-refractivity contribution in [2.24, 2.45) is 0 Å². The molecular formula is C17H20S. The maximum atomic E-state index is 4.67. The largest absolute Gasteiger partial charge is 0.143 e. The van der Waals surface area contributed by atoms with Crippen molar-refractivity contribution >= 4 is 12.6 Å². The monoisotopic (exact) mass is 256 g/mol. The average molecular weight is 256 g/mol. The first-order valence-electron chi connectivity index (χ1n) is 6.28. The fraction of sp³-hybridized carbons (Fsp3) is 0.294. The van der Waals surface area contributed by atoms with Crippen molar-refractivity contribution in [3.05, 3.63) is 52.1 Å². The Hall–Kier alpha value is -1.21. The third-order valence-electron chi connectivity index (χ3n) is 3.39. The van der Waals surface area contributed by atoms with Gasteiger partial charge in [-0.05, 0) is 74.1 Å². The Morgan fingerprint density at radius 1 is 0.611 bits per heavy atom. The fourth-order valence-electron chi connectivity index (χ4n) is 2.84. The van der Waals surface area contributed by atoms with E-state index in [0.717, 1.165) is 4.90 Å². The molecule has 2 aromatic rings. The molecule has 0 N–H and O–H groups in total. The minimum Gasteiger partial charge on any atom is -0.143 e. The fourth-order valence-corrected chi connectivity index (χ4v) is 3.34. The second kappa shape index (κ2) is 4.81. The molecule has 0 nitrogen and oxygen atoms in total. The SMILES string of the molecule is Cc1cc(C)c(-c2c(C)cc(C)cc2S)c(C)c1. The Morgan fingerprint density at radius 3 is 1.44 bits per heavy atom. The molecule has 0 heterocycles. The van der Waals surface area contributed by atoms with Crippen LogP contribution < -0.4 is 0 Å². The van der Waals surface area contributed by atoms with Gasteiger partial charge in [-0.15, -0.1) is 12.6 Å². The van der Waals surface area contributed by atoms with Gasteiger partial charge in [0.2, 0.25) is 0 Å². The molecule has 0 aliphatic carbocycles. The third kappa shape index (κ3) is 2.32. The zero-order chi connectivity index (χ0) is 13.4. The zero-order valence-corrected chi connectivity index (χ0v) is 12.7. The highest BCUT2D eigenvalue weighted by atomic mass is 32.1. The van der Waals surface area contributed by atoms with Crippen LogP contribution in [0.2, 0.25) is 0 Å². The molecule has 0 aliphatic rings. The van der Waals surface area contributed by atoms with E-state index < -0.39 is 0 Å². The number of hydrogen-bond donors (Lipinski definition) is 1. The van der Waals surface area contributed by atoms with E-state index in [1.54, 1.807) is 0 Å². The van der Waals surface area contributed by atoms with Gasteiger partial charge >= 0.3 is 0 Å². The van der Waals surface area contributed by atoms with E-state index in [2.05, 4.69) is 71.5 Å². The van der Waals surface area contributed by atoms with E-state index in [0.29, 0.717) is 0 Å². The van der Waals surface area contributed by atoms with E-state index in [4.69, 9.17) is 0 Å². The average Bonchev–Trinajstić information content (AvgIpc) is 2.20. The molecule has 0 saturated carbocycles. The van der Waals surface area contributed by atoms with E-state index in [1.807, 2.05) is 0 Å². The van der Waals surface area contributed by atoms with E-state index in [-0.39, 0.29) is 0 Å². The van der Waals surface area contributed by atoms with Crippen molar-refractivity contribution in [2.75, 3.05) is 0 Å². The molecule has 0 aromatic heterocycles. The van der Waals surface area contributed by atoms with Gasteiger partial charge in [0, 0.05) is 4.90 Å². The lowest BCUT2D eigenvalue weighted by Crippen LogP contribution is -1.94. The first-order valence-corrected chi connectivity index (χ1v) is 6.73. The number of benzene rings is 2. The van der Waals surface area contributed by atoms with Crippen molar-refractivity contribution < 1.29 is 0 Å². The third-order valence-corrected chi connectivity index (χ3v) is 3.74. The van der Waals surface area contributed by atoms with Crippen LogP contribution in [0.5, 0.6) is 0 Å². The van der Waals surface area contributed by atoms with Crippen LogP contribution in [0, 0.1) is 34.6 Å².